The van der Waals surface area contributed by atoms with Crippen LogP contribution in [0, 0.1) is 29.5 Å². The van der Waals surface area contributed by atoms with Crippen molar-refractivity contribution in [3.05, 3.63) is 52.9 Å². The quantitative estimate of drug-likeness (QED) is 0.434. The number of nitrogens with two attached hydrogens (primary N) is 1. The van der Waals surface area contributed by atoms with Crippen molar-refractivity contribution in [1.29, 1.82) is 0 Å². The van der Waals surface area contributed by atoms with Crippen LogP contribution in [0.4, 0.5) is 14.9 Å². The molecule has 5 N–H and O–H groups in total. The summed E-state index contributed by atoms with van der Waals surface area (Å²) in [6.07, 6.45) is 3.43. The van der Waals surface area contributed by atoms with Gasteiger partial charge in [0.05, 0.1) is 6.10 Å². The number of primary amides is 1. The molecule has 7 nitrogen and oxygen atoms in total. The molecule has 1 aliphatic rings. The molecule has 0 unspecified atom stereocenters. The van der Waals surface area contributed by atoms with Crippen LogP contribution in [-0.4, -0.2) is 41.0 Å². The molecule has 36 heavy (non-hydrogen) atoms. The van der Waals surface area contributed by atoms with Gasteiger partial charge in [0.15, 0.2) is 0 Å². The van der Waals surface area contributed by atoms with Gasteiger partial charge >= 0.3 is 6.09 Å². The fraction of sp³-hybridized carbons (Fsp3) is 0.571. The topological polar surface area (TPSA) is 122 Å². The zero-order valence-corrected chi connectivity index (χ0v) is 22.0. The van der Waals surface area contributed by atoms with Gasteiger partial charge < -0.3 is 26.0 Å². The number of amides is 2. The molecule has 0 saturated heterocycles. The average molecular weight is 505 g/mol. The van der Waals surface area contributed by atoms with Crippen LogP contribution in [0.1, 0.15) is 59.4 Å². The molecule has 2 amide bonds. The van der Waals surface area contributed by atoms with Crippen LogP contribution < -0.4 is 11.1 Å². The van der Waals surface area contributed by atoms with Crippen molar-refractivity contribution < 1.29 is 28.9 Å². The number of benzene rings is 1. The van der Waals surface area contributed by atoms with Crippen LogP contribution in [0.25, 0.3) is 0 Å². The third-order valence-electron chi connectivity index (χ3n) is 7.00. The number of carbonyl (C=O) groups excluding carboxylic acids is 2. The largest absolute Gasteiger partial charge is 0.442 e. The van der Waals surface area contributed by atoms with Crippen molar-refractivity contribution in [2.24, 2.45) is 29.4 Å². The Bertz CT molecular complexity index is 977. The number of aliphatic hydroxyl groups excluding tert-OH is 2. The number of allylic oxidation sites excluding steroid dienone is 1. The summed E-state index contributed by atoms with van der Waals surface area (Å²) in [5.74, 6) is -1.52. The van der Waals surface area contributed by atoms with Crippen LogP contribution in [-0.2, 0) is 16.0 Å². The summed E-state index contributed by atoms with van der Waals surface area (Å²) in [5.41, 5.74) is 7.59. The van der Waals surface area contributed by atoms with E-state index in [1.54, 1.807) is 13.0 Å². The number of carbonyl (C=O) groups is 2. The zero-order valence-electron chi connectivity index (χ0n) is 22.0. The summed E-state index contributed by atoms with van der Waals surface area (Å²) < 4.78 is 20.0. The molecule has 2 bridgehead atoms. The van der Waals surface area contributed by atoms with E-state index in [1.807, 2.05) is 39.8 Å². The molecule has 1 heterocycles. The van der Waals surface area contributed by atoms with Crippen molar-refractivity contribution in [2.45, 2.75) is 72.5 Å². The van der Waals surface area contributed by atoms with E-state index in [1.165, 1.54) is 12.1 Å². The van der Waals surface area contributed by atoms with Crippen LogP contribution >= 0.6 is 0 Å². The Kier molecular flexibility index (Phi) is 11.1. The first-order chi connectivity index (χ1) is 16.9. The van der Waals surface area contributed by atoms with Gasteiger partial charge in [0.25, 0.3) is 5.91 Å². The average Bonchev–Trinajstić information content (AvgIpc) is 2.81. The zero-order chi connectivity index (χ0) is 27.0. The minimum atomic E-state index is -0.881. The summed E-state index contributed by atoms with van der Waals surface area (Å²) in [6, 6.07) is 4.51. The minimum Gasteiger partial charge on any atom is -0.442 e. The molecule has 0 aliphatic carbocycles. The van der Waals surface area contributed by atoms with Crippen molar-refractivity contribution in [1.82, 2.24) is 0 Å². The lowest BCUT2D eigenvalue weighted by Gasteiger charge is -2.29. The van der Waals surface area contributed by atoms with Gasteiger partial charge in [0.2, 0.25) is 0 Å². The van der Waals surface area contributed by atoms with Crippen molar-refractivity contribution in [2.75, 3.05) is 11.9 Å². The maximum Gasteiger partial charge on any atom is 0.405 e. The van der Waals surface area contributed by atoms with Gasteiger partial charge in [-0.3, -0.25) is 4.79 Å². The molecule has 0 spiro atoms. The van der Waals surface area contributed by atoms with Crippen LogP contribution in [0.5, 0.6) is 0 Å². The van der Waals surface area contributed by atoms with Gasteiger partial charge in [-0.15, -0.1) is 0 Å². The summed E-state index contributed by atoms with van der Waals surface area (Å²) in [4.78, 5) is 24.3. The fourth-order valence-electron chi connectivity index (χ4n) is 4.96. The maximum atomic E-state index is 14.5. The summed E-state index contributed by atoms with van der Waals surface area (Å²) >= 11 is 0. The second-order valence-electron chi connectivity index (χ2n) is 10.3. The van der Waals surface area contributed by atoms with Gasteiger partial charge in [0.1, 0.15) is 11.9 Å². The van der Waals surface area contributed by atoms with E-state index >= 15 is 0 Å². The summed E-state index contributed by atoms with van der Waals surface area (Å²) in [6.45, 7) is 9.06. The van der Waals surface area contributed by atoms with Crippen LogP contribution in [0.2, 0.25) is 0 Å². The monoisotopic (exact) mass is 504 g/mol. The highest BCUT2D eigenvalue weighted by Crippen LogP contribution is 2.28. The number of aliphatic hydroxyl groups is 2. The first kappa shape index (κ1) is 29.5. The third-order valence-corrected chi connectivity index (χ3v) is 7.00. The molecule has 0 aromatic heterocycles. The lowest BCUT2D eigenvalue weighted by atomic mass is 9.82. The van der Waals surface area contributed by atoms with Crippen LogP contribution in [0.15, 0.2) is 41.5 Å². The van der Waals surface area contributed by atoms with E-state index in [4.69, 9.17) is 10.5 Å². The fourth-order valence-corrected chi connectivity index (χ4v) is 4.96. The lowest BCUT2D eigenvalue weighted by molar-refractivity contribution is -0.112. The molecule has 2 rings (SSSR count). The molecule has 200 valence electrons. The predicted molar refractivity (Wildman–Crippen MR) is 139 cm³/mol. The molecule has 0 fully saturated rings. The third kappa shape index (κ3) is 8.45. The van der Waals surface area contributed by atoms with E-state index in [9.17, 15) is 24.2 Å². The second kappa shape index (κ2) is 13.6. The first-order valence-electron chi connectivity index (χ1n) is 12.6. The Balaban J connectivity index is 2.43. The number of fused-ring (bicyclic) bond motifs is 2. The van der Waals surface area contributed by atoms with Crippen molar-refractivity contribution in [3.63, 3.8) is 0 Å². The Morgan fingerprint density at radius 2 is 1.94 bits per heavy atom. The molecule has 8 heteroatoms. The SMILES string of the molecule is CC1=CCC[C@H](C)[C@@H](OC(N)=O)C(C)=C[C@H](C)[C@@H](O)[C@@H](CO)C[C@H](C)Cc2cc(ccc2F)NC1=O. The Labute approximate surface area is 213 Å². The maximum absolute atomic E-state index is 14.5. The standard InChI is InChI=1S/C28H41FN2O5/c1-16-11-21-14-23(9-10-24(21)29)31-27(34)18(3)8-6-7-17(2)26(36-28(30)35)20(5)13-19(4)25(33)22(12-16)15-32/h8-10,13-14,16-17,19,22,25-26,32-33H,6-7,11-12,15H2,1-5H3,(H2,30,35)(H,31,34)/t16-,17+,19+,22-,25-,26-/m1/s1. The van der Waals surface area contributed by atoms with Crippen LogP contribution in [0.3, 0.4) is 0 Å². The van der Waals surface area contributed by atoms with E-state index < -0.39 is 24.2 Å². The molecule has 0 saturated carbocycles. The number of nitrogens with one attached hydrogen (secondary N) is 1. The lowest BCUT2D eigenvalue weighted by Crippen LogP contribution is -2.33. The highest BCUT2D eigenvalue weighted by Gasteiger charge is 2.28. The molecule has 0 radical (unpaired) electrons. The Hall–Kier alpha value is -2.71. The van der Waals surface area contributed by atoms with Gasteiger partial charge in [-0.05, 0) is 80.7 Å². The molecular weight excluding hydrogens is 463 g/mol. The number of hydrogen-bond acceptors (Lipinski definition) is 5. The van der Waals surface area contributed by atoms with E-state index in [2.05, 4.69) is 5.32 Å². The van der Waals surface area contributed by atoms with Crippen molar-refractivity contribution in [3.8, 4) is 0 Å². The predicted octanol–water partition coefficient (Wildman–Crippen LogP) is 4.72. The smallest absolute Gasteiger partial charge is 0.405 e. The van der Waals surface area contributed by atoms with Gasteiger partial charge in [-0.2, -0.15) is 0 Å². The minimum absolute atomic E-state index is 0.0378. The molecule has 1 aromatic carbocycles. The molecular formula is C28H41FN2O5. The first-order valence-corrected chi connectivity index (χ1v) is 12.6. The number of anilines is 1. The van der Waals surface area contributed by atoms with Gasteiger partial charge in [-0.1, -0.05) is 32.9 Å². The highest BCUT2D eigenvalue weighted by molar-refractivity contribution is 6.03. The van der Waals surface area contributed by atoms with E-state index in [-0.39, 0.29) is 36.1 Å². The van der Waals surface area contributed by atoms with Gasteiger partial charge in [0, 0.05) is 29.7 Å². The van der Waals surface area contributed by atoms with E-state index in [0.29, 0.717) is 42.5 Å². The molecule has 6 atom stereocenters. The molecule has 1 aromatic rings. The summed E-state index contributed by atoms with van der Waals surface area (Å²) in [7, 11) is 0. The highest BCUT2D eigenvalue weighted by atomic mass is 19.1. The van der Waals surface area contributed by atoms with E-state index in [0.717, 1.165) is 5.57 Å². The second-order valence-corrected chi connectivity index (χ2v) is 10.3. The van der Waals surface area contributed by atoms with Gasteiger partial charge in [-0.25, -0.2) is 9.18 Å². The number of rotatable bonds is 2. The Morgan fingerprint density at radius 1 is 1.25 bits per heavy atom. The number of ether oxygens (including phenoxy) is 1. The summed E-state index contributed by atoms with van der Waals surface area (Å²) in [5, 5.41) is 23.9. The number of halogens is 1. The van der Waals surface area contributed by atoms with Crippen molar-refractivity contribution >= 4 is 17.7 Å². The molecule has 1 aliphatic heterocycles. The number of hydrogen-bond donors (Lipinski definition) is 4. The normalized spacial score (nSPS) is 29.1. The Morgan fingerprint density at radius 3 is 2.58 bits per heavy atom.